The maximum atomic E-state index is 12.0. The topological polar surface area (TPSA) is 59.6 Å². The molecule has 0 fully saturated rings. The van der Waals surface area contributed by atoms with E-state index >= 15 is 0 Å². The molecular weight excluding hydrogens is 367 g/mol. The summed E-state index contributed by atoms with van der Waals surface area (Å²) in [5.74, 6) is 0.833. The standard InChI is InChI=1S/C12H15F2N3O.HI/c13-11(14)7-16-12(15)17-9-5-6-18-10-4-2-1-3-8(9)10;/h1-4,9,11H,5-7H2,(H3,15,16,17);1H. The van der Waals surface area contributed by atoms with Gasteiger partial charge in [-0.05, 0) is 6.07 Å². The second-order valence-corrected chi connectivity index (χ2v) is 3.99. The number of hydrogen-bond donors (Lipinski definition) is 2. The largest absolute Gasteiger partial charge is 0.493 e. The molecule has 4 nitrogen and oxygen atoms in total. The van der Waals surface area contributed by atoms with Crippen LogP contribution in [0.3, 0.4) is 0 Å². The number of guanidine groups is 1. The van der Waals surface area contributed by atoms with E-state index in [2.05, 4.69) is 10.3 Å². The minimum Gasteiger partial charge on any atom is -0.493 e. The van der Waals surface area contributed by atoms with Crippen LogP contribution in [0.4, 0.5) is 8.78 Å². The first-order valence-electron chi connectivity index (χ1n) is 5.73. The van der Waals surface area contributed by atoms with Crippen LogP contribution in [0.2, 0.25) is 0 Å². The molecule has 0 radical (unpaired) electrons. The summed E-state index contributed by atoms with van der Waals surface area (Å²) in [5.41, 5.74) is 6.55. The third kappa shape index (κ3) is 4.48. The predicted molar refractivity (Wildman–Crippen MR) is 80.3 cm³/mol. The monoisotopic (exact) mass is 383 g/mol. The van der Waals surface area contributed by atoms with Gasteiger partial charge in [0.25, 0.3) is 6.43 Å². The normalized spacial score (nSPS) is 18.3. The predicted octanol–water partition coefficient (Wildman–Crippen LogP) is 2.30. The van der Waals surface area contributed by atoms with Gasteiger partial charge in [-0.2, -0.15) is 0 Å². The van der Waals surface area contributed by atoms with E-state index in [9.17, 15) is 8.78 Å². The molecule has 1 heterocycles. The molecule has 1 aliphatic rings. The van der Waals surface area contributed by atoms with Gasteiger partial charge in [-0.1, -0.05) is 18.2 Å². The van der Waals surface area contributed by atoms with Crippen molar-refractivity contribution in [3.8, 4) is 5.75 Å². The summed E-state index contributed by atoms with van der Waals surface area (Å²) in [6.07, 6.45) is -1.76. The Morgan fingerprint density at radius 2 is 2.21 bits per heavy atom. The molecule has 0 spiro atoms. The molecule has 3 N–H and O–H groups in total. The molecule has 1 atom stereocenters. The molecular formula is C12H16F2IN3O. The lowest BCUT2D eigenvalue weighted by atomic mass is 10.0. The molecule has 19 heavy (non-hydrogen) atoms. The first kappa shape index (κ1) is 15.9. The van der Waals surface area contributed by atoms with Crippen molar-refractivity contribution >= 4 is 29.9 Å². The Morgan fingerprint density at radius 3 is 2.95 bits per heavy atom. The van der Waals surface area contributed by atoms with Crippen molar-refractivity contribution in [3.63, 3.8) is 0 Å². The lowest BCUT2D eigenvalue weighted by Crippen LogP contribution is -2.37. The van der Waals surface area contributed by atoms with Gasteiger partial charge in [0.1, 0.15) is 12.3 Å². The molecule has 0 saturated heterocycles. The lowest BCUT2D eigenvalue weighted by molar-refractivity contribution is 0.158. The van der Waals surface area contributed by atoms with E-state index in [1.54, 1.807) is 0 Å². The van der Waals surface area contributed by atoms with E-state index in [4.69, 9.17) is 10.5 Å². The second kappa shape index (κ2) is 7.46. The molecule has 7 heteroatoms. The van der Waals surface area contributed by atoms with Gasteiger partial charge in [-0.15, -0.1) is 24.0 Å². The van der Waals surface area contributed by atoms with Gasteiger partial charge in [0.2, 0.25) is 0 Å². The number of benzene rings is 1. The number of nitrogens with two attached hydrogens (primary N) is 1. The van der Waals surface area contributed by atoms with Gasteiger partial charge in [-0.25, -0.2) is 13.8 Å². The number of alkyl halides is 2. The number of fused-ring (bicyclic) bond motifs is 1. The van der Waals surface area contributed by atoms with Crippen LogP contribution in [-0.2, 0) is 0 Å². The molecule has 1 aromatic carbocycles. The molecule has 0 aliphatic carbocycles. The van der Waals surface area contributed by atoms with E-state index in [-0.39, 0.29) is 36.0 Å². The molecule has 1 aromatic rings. The molecule has 1 unspecified atom stereocenters. The number of halogens is 3. The minimum absolute atomic E-state index is 0. The fourth-order valence-electron chi connectivity index (χ4n) is 1.88. The highest BCUT2D eigenvalue weighted by atomic mass is 127. The van der Waals surface area contributed by atoms with Gasteiger partial charge in [-0.3, -0.25) is 0 Å². The molecule has 106 valence electrons. The maximum absolute atomic E-state index is 12.0. The Morgan fingerprint density at radius 1 is 1.47 bits per heavy atom. The van der Waals surface area contributed by atoms with E-state index in [1.165, 1.54) is 0 Å². The SMILES string of the molecule is I.NC(=NCC(F)F)NC1CCOc2ccccc21. The van der Waals surface area contributed by atoms with E-state index in [0.717, 1.165) is 17.7 Å². The fraction of sp³-hybridized carbons (Fsp3) is 0.417. The van der Waals surface area contributed by atoms with Gasteiger partial charge in [0.15, 0.2) is 5.96 Å². The van der Waals surface area contributed by atoms with Crippen LogP contribution in [0.5, 0.6) is 5.75 Å². The minimum atomic E-state index is -2.48. The van der Waals surface area contributed by atoms with Crippen molar-refractivity contribution in [1.29, 1.82) is 0 Å². The fourth-order valence-corrected chi connectivity index (χ4v) is 1.88. The first-order chi connectivity index (χ1) is 8.66. The summed E-state index contributed by atoms with van der Waals surface area (Å²) >= 11 is 0. The van der Waals surface area contributed by atoms with Gasteiger partial charge in [0, 0.05) is 12.0 Å². The zero-order valence-corrected chi connectivity index (χ0v) is 12.5. The quantitative estimate of drug-likeness (QED) is 0.479. The van der Waals surface area contributed by atoms with Crippen molar-refractivity contribution in [1.82, 2.24) is 5.32 Å². The van der Waals surface area contributed by atoms with Crippen LogP contribution < -0.4 is 15.8 Å². The van der Waals surface area contributed by atoms with Crippen molar-refractivity contribution in [2.75, 3.05) is 13.2 Å². The average Bonchev–Trinajstić information content (AvgIpc) is 2.37. The number of para-hydroxylation sites is 1. The molecule has 1 aliphatic heterocycles. The number of hydrogen-bond acceptors (Lipinski definition) is 2. The summed E-state index contributed by atoms with van der Waals surface area (Å²) in [6, 6.07) is 7.53. The molecule has 0 bridgehead atoms. The van der Waals surface area contributed by atoms with Crippen molar-refractivity contribution < 1.29 is 13.5 Å². The number of aliphatic imine (C=N–C) groups is 1. The Labute approximate surface area is 127 Å². The molecule has 0 amide bonds. The Hall–Kier alpha value is -1.12. The van der Waals surface area contributed by atoms with Crippen LogP contribution in [-0.4, -0.2) is 25.5 Å². The van der Waals surface area contributed by atoms with Crippen LogP contribution in [0.25, 0.3) is 0 Å². The number of nitrogens with one attached hydrogen (secondary N) is 1. The number of rotatable bonds is 3. The van der Waals surface area contributed by atoms with Crippen molar-refractivity contribution in [2.45, 2.75) is 18.9 Å². The van der Waals surface area contributed by atoms with E-state index in [1.807, 2.05) is 24.3 Å². The zero-order chi connectivity index (χ0) is 13.0. The average molecular weight is 383 g/mol. The second-order valence-electron chi connectivity index (χ2n) is 3.99. The van der Waals surface area contributed by atoms with Crippen molar-refractivity contribution in [3.05, 3.63) is 29.8 Å². The summed E-state index contributed by atoms with van der Waals surface area (Å²) in [4.78, 5) is 3.58. The summed E-state index contributed by atoms with van der Waals surface area (Å²) in [5, 5.41) is 2.94. The maximum Gasteiger partial charge on any atom is 0.257 e. The highest BCUT2D eigenvalue weighted by Gasteiger charge is 2.21. The number of nitrogens with zero attached hydrogens (tertiary/aromatic N) is 1. The van der Waals surface area contributed by atoms with Crippen LogP contribution >= 0.6 is 24.0 Å². The summed E-state index contributed by atoms with van der Waals surface area (Å²) in [6.45, 7) is -0.0134. The lowest BCUT2D eigenvalue weighted by Gasteiger charge is -2.26. The summed E-state index contributed by atoms with van der Waals surface area (Å²) < 4.78 is 29.5. The number of ether oxygens (including phenoxy) is 1. The zero-order valence-electron chi connectivity index (χ0n) is 10.2. The Bertz CT molecular complexity index is 443. The highest BCUT2D eigenvalue weighted by Crippen LogP contribution is 2.31. The third-order valence-corrected chi connectivity index (χ3v) is 2.68. The van der Waals surface area contributed by atoms with Crippen LogP contribution in [0.1, 0.15) is 18.0 Å². The van der Waals surface area contributed by atoms with Crippen LogP contribution in [0, 0.1) is 0 Å². The molecule has 2 rings (SSSR count). The Kier molecular flexibility index (Phi) is 6.26. The van der Waals surface area contributed by atoms with Crippen LogP contribution in [0.15, 0.2) is 29.3 Å². The van der Waals surface area contributed by atoms with E-state index in [0.29, 0.717) is 6.61 Å². The molecule has 0 saturated carbocycles. The van der Waals surface area contributed by atoms with Crippen molar-refractivity contribution in [2.24, 2.45) is 10.7 Å². The van der Waals surface area contributed by atoms with Gasteiger partial charge in [0.05, 0.1) is 12.6 Å². The van der Waals surface area contributed by atoms with E-state index < -0.39 is 13.0 Å². The molecule has 0 aromatic heterocycles. The third-order valence-electron chi connectivity index (χ3n) is 2.68. The highest BCUT2D eigenvalue weighted by molar-refractivity contribution is 14.0. The Balaban J connectivity index is 0.00000180. The summed E-state index contributed by atoms with van der Waals surface area (Å²) in [7, 11) is 0. The van der Waals surface area contributed by atoms with Gasteiger partial charge < -0.3 is 15.8 Å². The van der Waals surface area contributed by atoms with Gasteiger partial charge >= 0.3 is 0 Å². The smallest absolute Gasteiger partial charge is 0.257 e. The first-order valence-corrected chi connectivity index (χ1v) is 5.73.